The van der Waals surface area contributed by atoms with E-state index in [4.69, 9.17) is 4.74 Å². The highest BCUT2D eigenvalue weighted by atomic mass is 16.6. The quantitative estimate of drug-likeness (QED) is 0.872. The van der Waals surface area contributed by atoms with E-state index in [0.29, 0.717) is 5.56 Å². The Kier molecular flexibility index (Phi) is 4.46. The molecule has 124 valence electrons. The topological polar surface area (TPSA) is 81.7 Å². The number of benzene rings is 2. The summed E-state index contributed by atoms with van der Waals surface area (Å²) in [7, 11) is 0. The first kappa shape index (κ1) is 16.0. The third-order valence-corrected chi connectivity index (χ3v) is 3.95. The van der Waals surface area contributed by atoms with E-state index in [9.17, 15) is 14.4 Å². The molecule has 1 aliphatic rings. The van der Waals surface area contributed by atoms with E-state index < -0.39 is 24.6 Å². The molecule has 0 spiro atoms. The lowest BCUT2D eigenvalue weighted by molar-refractivity contribution is -0.123. The summed E-state index contributed by atoms with van der Waals surface area (Å²) in [5, 5.41) is 3.91. The molecule has 24 heavy (non-hydrogen) atoms. The second kappa shape index (κ2) is 6.70. The third kappa shape index (κ3) is 3.08. The number of ether oxygens (including phenoxy) is 2. The van der Waals surface area contributed by atoms with Crippen LogP contribution in [0.2, 0.25) is 0 Å². The Morgan fingerprint density at radius 3 is 2.54 bits per heavy atom. The standard InChI is InChI=1S/C18H17NO5/c1-2-23-18(22)19-15(20)10-24-17(21)14-9-8-12-7-6-11-4-3-5-13(14)16(11)12/h3-5,8-9H,2,6-7,10H2,1H3,(H,19,20,22). The zero-order chi connectivity index (χ0) is 17.1. The van der Waals surface area contributed by atoms with Crippen molar-refractivity contribution in [1.29, 1.82) is 0 Å². The minimum absolute atomic E-state index is 0.152. The Hall–Kier alpha value is -2.89. The van der Waals surface area contributed by atoms with E-state index in [1.54, 1.807) is 13.0 Å². The van der Waals surface area contributed by atoms with Crippen LogP contribution in [0.25, 0.3) is 10.8 Å². The summed E-state index contributed by atoms with van der Waals surface area (Å²) in [6.45, 7) is 1.24. The van der Waals surface area contributed by atoms with E-state index in [-0.39, 0.29) is 6.61 Å². The highest BCUT2D eigenvalue weighted by Crippen LogP contribution is 2.32. The number of nitrogens with one attached hydrogen (secondary N) is 1. The van der Waals surface area contributed by atoms with Gasteiger partial charge in [0.05, 0.1) is 12.2 Å². The maximum Gasteiger partial charge on any atom is 0.413 e. The highest BCUT2D eigenvalue weighted by Gasteiger charge is 2.20. The lowest BCUT2D eigenvalue weighted by Crippen LogP contribution is -2.34. The minimum Gasteiger partial charge on any atom is -0.452 e. The molecule has 2 amide bonds. The first-order valence-electron chi connectivity index (χ1n) is 7.77. The maximum absolute atomic E-state index is 12.3. The van der Waals surface area contributed by atoms with Crippen LogP contribution in [0.3, 0.4) is 0 Å². The van der Waals surface area contributed by atoms with Crippen LogP contribution in [0.4, 0.5) is 4.79 Å². The number of carbonyl (C=O) groups is 3. The Morgan fingerprint density at radius 1 is 1.04 bits per heavy atom. The van der Waals surface area contributed by atoms with Crippen LogP contribution in [0.15, 0.2) is 30.3 Å². The number of hydrogen-bond acceptors (Lipinski definition) is 5. The van der Waals surface area contributed by atoms with E-state index in [1.165, 1.54) is 11.1 Å². The summed E-state index contributed by atoms with van der Waals surface area (Å²) in [5.41, 5.74) is 2.86. The van der Waals surface area contributed by atoms with Gasteiger partial charge in [0.25, 0.3) is 5.91 Å². The van der Waals surface area contributed by atoms with Gasteiger partial charge in [-0.15, -0.1) is 0 Å². The van der Waals surface area contributed by atoms with Crippen LogP contribution in [0.5, 0.6) is 0 Å². The second-order valence-corrected chi connectivity index (χ2v) is 5.46. The lowest BCUT2D eigenvalue weighted by Gasteiger charge is -2.09. The monoisotopic (exact) mass is 327 g/mol. The molecular weight excluding hydrogens is 310 g/mol. The minimum atomic E-state index is -0.858. The summed E-state index contributed by atoms with van der Waals surface area (Å²) < 4.78 is 9.60. The van der Waals surface area contributed by atoms with E-state index in [0.717, 1.165) is 23.6 Å². The average molecular weight is 327 g/mol. The molecule has 0 saturated heterocycles. The number of rotatable bonds is 4. The van der Waals surface area contributed by atoms with Gasteiger partial charge in [0.2, 0.25) is 0 Å². The van der Waals surface area contributed by atoms with Gasteiger partial charge in [-0.25, -0.2) is 9.59 Å². The Morgan fingerprint density at radius 2 is 1.79 bits per heavy atom. The fourth-order valence-electron chi connectivity index (χ4n) is 2.95. The summed E-state index contributed by atoms with van der Waals surface area (Å²) in [6, 6.07) is 9.49. The van der Waals surface area contributed by atoms with E-state index in [1.807, 2.05) is 23.5 Å². The third-order valence-electron chi connectivity index (χ3n) is 3.95. The summed E-state index contributed by atoms with van der Waals surface area (Å²) >= 11 is 0. The summed E-state index contributed by atoms with van der Waals surface area (Å²) in [4.78, 5) is 35.0. The van der Waals surface area contributed by atoms with Crippen LogP contribution in [-0.4, -0.2) is 31.2 Å². The van der Waals surface area contributed by atoms with Crippen molar-refractivity contribution in [2.45, 2.75) is 19.8 Å². The van der Waals surface area contributed by atoms with Crippen molar-refractivity contribution in [3.05, 3.63) is 47.0 Å². The first-order chi connectivity index (χ1) is 11.6. The molecule has 0 heterocycles. The molecule has 2 aromatic carbocycles. The fourth-order valence-corrected chi connectivity index (χ4v) is 2.95. The number of amides is 2. The predicted molar refractivity (Wildman–Crippen MR) is 86.8 cm³/mol. The first-order valence-corrected chi connectivity index (χ1v) is 7.77. The SMILES string of the molecule is CCOC(=O)NC(=O)COC(=O)c1ccc2c3c(cccc13)CC2. The molecule has 0 saturated carbocycles. The van der Waals surface area contributed by atoms with E-state index in [2.05, 4.69) is 10.8 Å². The van der Waals surface area contributed by atoms with Crippen molar-refractivity contribution in [3.8, 4) is 0 Å². The smallest absolute Gasteiger partial charge is 0.413 e. The molecule has 0 radical (unpaired) electrons. The lowest BCUT2D eigenvalue weighted by atomic mass is 10.00. The van der Waals surface area contributed by atoms with Gasteiger partial charge in [-0.05, 0) is 47.7 Å². The largest absolute Gasteiger partial charge is 0.452 e. The van der Waals surface area contributed by atoms with E-state index >= 15 is 0 Å². The van der Waals surface area contributed by atoms with Gasteiger partial charge < -0.3 is 9.47 Å². The van der Waals surface area contributed by atoms with Crippen LogP contribution in [0, 0.1) is 0 Å². The zero-order valence-corrected chi connectivity index (χ0v) is 13.3. The molecular formula is C18H17NO5. The Balaban J connectivity index is 1.72. The summed E-state index contributed by atoms with van der Waals surface area (Å²) in [5.74, 6) is -1.32. The van der Waals surface area contributed by atoms with Crippen LogP contribution in [0.1, 0.15) is 28.4 Å². The zero-order valence-electron chi connectivity index (χ0n) is 13.3. The molecule has 1 N–H and O–H groups in total. The van der Waals surface area contributed by atoms with Crippen molar-refractivity contribution in [1.82, 2.24) is 5.32 Å². The van der Waals surface area contributed by atoms with Crippen LogP contribution >= 0.6 is 0 Å². The normalized spacial score (nSPS) is 12.0. The van der Waals surface area contributed by atoms with Gasteiger partial charge in [-0.1, -0.05) is 24.3 Å². The van der Waals surface area contributed by atoms with Crippen molar-refractivity contribution in [2.75, 3.05) is 13.2 Å². The van der Waals surface area contributed by atoms with Gasteiger partial charge >= 0.3 is 12.1 Å². The molecule has 0 bridgehead atoms. The summed E-state index contributed by atoms with van der Waals surface area (Å²) in [6.07, 6.45) is 1.07. The fraction of sp³-hybridized carbons (Fsp3) is 0.278. The molecule has 1 aliphatic carbocycles. The number of aryl methyl sites for hydroxylation is 2. The van der Waals surface area contributed by atoms with Crippen molar-refractivity contribution in [3.63, 3.8) is 0 Å². The highest BCUT2D eigenvalue weighted by molar-refractivity contribution is 6.07. The van der Waals surface area contributed by atoms with Crippen molar-refractivity contribution < 1.29 is 23.9 Å². The van der Waals surface area contributed by atoms with Crippen LogP contribution in [-0.2, 0) is 27.1 Å². The molecule has 0 aromatic heterocycles. The van der Waals surface area contributed by atoms with Gasteiger partial charge in [-0.3, -0.25) is 10.1 Å². The number of esters is 1. The number of alkyl carbamates (subject to hydrolysis) is 1. The maximum atomic E-state index is 12.3. The molecule has 0 aliphatic heterocycles. The van der Waals surface area contributed by atoms with Crippen molar-refractivity contribution >= 4 is 28.7 Å². The van der Waals surface area contributed by atoms with Gasteiger partial charge in [-0.2, -0.15) is 0 Å². The number of hydrogen-bond donors (Lipinski definition) is 1. The molecule has 6 nitrogen and oxygen atoms in total. The number of imide groups is 1. The Labute approximate surface area is 138 Å². The van der Waals surface area contributed by atoms with Crippen molar-refractivity contribution in [2.24, 2.45) is 0 Å². The molecule has 2 aromatic rings. The second-order valence-electron chi connectivity index (χ2n) is 5.46. The molecule has 0 unspecified atom stereocenters. The molecule has 3 rings (SSSR count). The Bertz CT molecular complexity index is 817. The van der Waals surface area contributed by atoms with Gasteiger partial charge in [0.15, 0.2) is 6.61 Å². The predicted octanol–water partition coefficient (Wildman–Crippen LogP) is 2.37. The van der Waals surface area contributed by atoms with Gasteiger partial charge in [0, 0.05) is 0 Å². The van der Waals surface area contributed by atoms with Gasteiger partial charge in [0.1, 0.15) is 0 Å². The molecule has 0 fully saturated rings. The average Bonchev–Trinajstić information content (AvgIpc) is 2.98. The van der Waals surface area contributed by atoms with Crippen LogP contribution < -0.4 is 5.32 Å². The molecule has 6 heteroatoms. The molecule has 0 atom stereocenters. The number of carbonyl (C=O) groups excluding carboxylic acids is 3.